The van der Waals surface area contributed by atoms with E-state index in [-0.39, 0.29) is 5.58 Å². The summed E-state index contributed by atoms with van der Waals surface area (Å²) in [6.07, 6.45) is -3.92. The van der Waals surface area contributed by atoms with Crippen LogP contribution in [0.4, 0.5) is 13.2 Å². The molecule has 2 rings (SSSR count). The van der Waals surface area contributed by atoms with Crippen LogP contribution in [0.2, 0.25) is 0 Å². The minimum Gasteiger partial charge on any atom is -0.423 e. The standard InChI is InChI=1S/C12H9F3O2/c1-2-7-5-11(16)17-10-4-3-8(6-9(7)10)12(13,14)15/h3-6H,2H2,1H3. The number of hydrogen-bond acceptors (Lipinski definition) is 2. The fourth-order valence-electron chi connectivity index (χ4n) is 1.70. The van der Waals surface area contributed by atoms with Gasteiger partial charge in [-0.3, -0.25) is 0 Å². The first-order chi connectivity index (χ1) is 7.91. The predicted molar refractivity (Wildman–Crippen MR) is 56.9 cm³/mol. The third kappa shape index (κ3) is 2.18. The van der Waals surface area contributed by atoms with E-state index in [1.165, 1.54) is 12.1 Å². The maximum absolute atomic E-state index is 12.5. The van der Waals surface area contributed by atoms with Crippen LogP contribution >= 0.6 is 0 Å². The molecule has 0 saturated heterocycles. The summed E-state index contributed by atoms with van der Waals surface area (Å²) in [6, 6.07) is 4.32. The highest BCUT2D eigenvalue weighted by Gasteiger charge is 2.30. The summed E-state index contributed by atoms with van der Waals surface area (Å²) in [5.74, 6) is 0. The Morgan fingerprint density at radius 2 is 1.94 bits per heavy atom. The Labute approximate surface area is 94.7 Å². The van der Waals surface area contributed by atoms with Gasteiger partial charge in [0.15, 0.2) is 0 Å². The van der Waals surface area contributed by atoms with Gasteiger partial charge in [-0.2, -0.15) is 13.2 Å². The molecule has 0 amide bonds. The van der Waals surface area contributed by atoms with E-state index in [9.17, 15) is 18.0 Å². The van der Waals surface area contributed by atoms with Gasteiger partial charge in [-0.15, -0.1) is 0 Å². The van der Waals surface area contributed by atoms with Gasteiger partial charge in [-0.1, -0.05) is 6.92 Å². The van der Waals surface area contributed by atoms with E-state index in [0.29, 0.717) is 17.4 Å². The lowest BCUT2D eigenvalue weighted by molar-refractivity contribution is -0.137. The van der Waals surface area contributed by atoms with Crippen LogP contribution in [0.25, 0.3) is 11.0 Å². The summed E-state index contributed by atoms with van der Waals surface area (Å²) < 4.78 is 42.5. The zero-order valence-electron chi connectivity index (χ0n) is 8.97. The highest BCUT2D eigenvalue weighted by Crippen LogP contribution is 2.32. The molecule has 0 aliphatic heterocycles. The smallest absolute Gasteiger partial charge is 0.416 e. The lowest BCUT2D eigenvalue weighted by Gasteiger charge is -2.08. The quantitative estimate of drug-likeness (QED) is 0.717. The van der Waals surface area contributed by atoms with E-state index in [1.54, 1.807) is 6.92 Å². The molecule has 2 nitrogen and oxygen atoms in total. The summed E-state index contributed by atoms with van der Waals surface area (Å²) >= 11 is 0. The van der Waals surface area contributed by atoms with Crippen molar-refractivity contribution in [1.82, 2.24) is 0 Å². The van der Waals surface area contributed by atoms with E-state index in [2.05, 4.69) is 0 Å². The van der Waals surface area contributed by atoms with Gasteiger partial charge in [0, 0.05) is 11.5 Å². The number of alkyl halides is 3. The maximum Gasteiger partial charge on any atom is 0.416 e. The zero-order valence-corrected chi connectivity index (χ0v) is 8.97. The van der Waals surface area contributed by atoms with E-state index < -0.39 is 17.4 Å². The monoisotopic (exact) mass is 242 g/mol. The van der Waals surface area contributed by atoms with E-state index in [1.807, 2.05) is 0 Å². The third-order valence-electron chi connectivity index (χ3n) is 2.54. The van der Waals surface area contributed by atoms with Crippen molar-refractivity contribution in [2.75, 3.05) is 0 Å². The SMILES string of the molecule is CCc1cc(=O)oc2ccc(C(F)(F)F)cc12. The van der Waals surface area contributed by atoms with Crippen molar-refractivity contribution in [3.63, 3.8) is 0 Å². The molecule has 1 heterocycles. The molecule has 0 aliphatic carbocycles. The molecule has 0 unspecified atom stereocenters. The van der Waals surface area contributed by atoms with Crippen LogP contribution in [0.3, 0.4) is 0 Å². The molecule has 0 atom stereocenters. The van der Waals surface area contributed by atoms with Gasteiger partial charge in [-0.25, -0.2) is 4.79 Å². The zero-order chi connectivity index (χ0) is 12.6. The fourth-order valence-corrected chi connectivity index (χ4v) is 1.70. The first kappa shape index (κ1) is 11.7. The minimum absolute atomic E-state index is 0.183. The molecular formula is C12H9F3O2. The molecule has 0 bridgehead atoms. The van der Waals surface area contributed by atoms with Gasteiger partial charge in [0.25, 0.3) is 0 Å². The van der Waals surface area contributed by atoms with Crippen molar-refractivity contribution < 1.29 is 17.6 Å². The van der Waals surface area contributed by atoms with Crippen LogP contribution < -0.4 is 5.63 Å². The van der Waals surface area contributed by atoms with Crippen molar-refractivity contribution >= 4 is 11.0 Å². The third-order valence-corrected chi connectivity index (χ3v) is 2.54. The average molecular weight is 242 g/mol. The highest BCUT2D eigenvalue weighted by atomic mass is 19.4. The molecular weight excluding hydrogens is 233 g/mol. The van der Waals surface area contributed by atoms with Crippen molar-refractivity contribution in [3.8, 4) is 0 Å². The number of benzene rings is 1. The second kappa shape index (κ2) is 3.91. The van der Waals surface area contributed by atoms with E-state index in [0.717, 1.165) is 12.1 Å². The number of rotatable bonds is 1. The molecule has 0 N–H and O–H groups in total. The minimum atomic E-state index is -4.39. The topological polar surface area (TPSA) is 30.2 Å². The molecule has 0 aliphatic rings. The highest BCUT2D eigenvalue weighted by molar-refractivity contribution is 5.81. The normalized spacial score (nSPS) is 12.0. The molecule has 1 aromatic carbocycles. The van der Waals surface area contributed by atoms with Crippen molar-refractivity contribution in [2.24, 2.45) is 0 Å². The van der Waals surface area contributed by atoms with Crippen LogP contribution in [0, 0.1) is 0 Å². The second-order valence-corrected chi connectivity index (χ2v) is 3.65. The predicted octanol–water partition coefficient (Wildman–Crippen LogP) is 3.37. The van der Waals surface area contributed by atoms with E-state index in [4.69, 9.17) is 4.42 Å². The molecule has 1 aromatic heterocycles. The van der Waals surface area contributed by atoms with Crippen molar-refractivity contribution in [3.05, 3.63) is 45.8 Å². The fraction of sp³-hybridized carbons (Fsp3) is 0.250. The second-order valence-electron chi connectivity index (χ2n) is 3.65. The van der Waals surface area contributed by atoms with Gasteiger partial charge < -0.3 is 4.42 Å². The molecule has 5 heteroatoms. The van der Waals surface area contributed by atoms with Gasteiger partial charge in [0.2, 0.25) is 0 Å². The Morgan fingerprint density at radius 1 is 1.24 bits per heavy atom. The summed E-state index contributed by atoms with van der Waals surface area (Å²) in [7, 11) is 0. The molecule has 17 heavy (non-hydrogen) atoms. The molecule has 0 saturated carbocycles. The first-order valence-corrected chi connectivity index (χ1v) is 5.06. The Bertz CT molecular complexity index is 611. The van der Waals surface area contributed by atoms with E-state index >= 15 is 0 Å². The van der Waals surface area contributed by atoms with Gasteiger partial charge >= 0.3 is 11.8 Å². The largest absolute Gasteiger partial charge is 0.423 e. The van der Waals surface area contributed by atoms with Crippen molar-refractivity contribution in [2.45, 2.75) is 19.5 Å². The summed E-state index contributed by atoms with van der Waals surface area (Å²) in [6.45, 7) is 1.77. The van der Waals surface area contributed by atoms with Crippen LogP contribution in [0.1, 0.15) is 18.1 Å². The molecule has 0 radical (unpaired) electrons. The summed E-state index contributed by atoms with van der Waals surface area (Å²) in [5, 5.41) is 0.335. The lowest BCUT2D eigenvalue weighted by atomic mass is 10.1. The van der Waals surface area contributed by atoms with Gasteiger partial charge in [0.05, 0.1) is 5.56 Å². The van der Waals surface area contributed by atoms with Gasteiger partial charge in [-0.05, 0) is 30.2 Å². The van der Waals surface area contributed by atoms with Gasteiger partial charge in [0.1, 0.15) is 5.58 Å². The Kier molecular flexibility index (Phi) is 2.69. The summed E-state index contributed by atoms with van der Waals surface area (Å²) in [4.78, 5) is 11.2. The summed E-state index contributed by atoms with van der Waals surface area (Å²) in [5.41, 5.74) is -0.549. The lowest BCUT2D eigenvalue weighted by Crippen LogP contribution is -2.06. The number of fused-ring (bicyclic) bond motifs is 1. The molecule has 90 valence electrons. The van der Waals surface area contributed by atoms with Crippen LogP contribution in [-0.4, -0.2) is 0 Å². The number of halogens is 3. The Morgan fingerprint density at radius 3 is 2.53 bits per heavy atom. The Balaban J connectivity index is 2.76. The Hall–Kier alpha value is -1.78. The van der Waals surface area contributed by atoms with Crippen LogP contribution in [0.5, 0.6) is 0 Å². The first-order valence-electron chi connectivity index (χ1n) is 5.06. The average Bonchev–Trinajstić information content (AvgIpc) is 2.25. The van der Waals surface area contributed by atoms with Crippen LogP contribution in [-0.2, 0) is 12.6 Å². The molecule has 0 spiro atoms. The maximum atomic E-state index is 12.5. The van der Waals surface area contributed by atoms with Crippen LogP contribution in [0.15, 0.2) is 33.5 Å². The molecule has 0 fully saturated rings. The number of hydrogen-bond donors (Lipinski definition) is 0. The van der Waals surface area contributed by atoms with Crippen molar-refractivity contribution in [1.29, 1.82) is 0 Å². The molecule has 2 aromatic rings. The number of aryl methyl sites for hydroxylation is 1.